The molecule has 0 aliphatic rings. The molecule has 0 spiro atoms. The molecule has 1 rings (SSSR count). The van der Waals surface area contributed by atoms with Gasteiger partial charge in [-0.05, 0) is 6.92 Å². The summed E-state index contributed by atoms with van der Waals surface area (Å²) in [4.78, 5) is 0. The maximum atomic E-state index is 13.3. The molecule has 0 saturated heterocycles. The van der Waals surface area contributed by atoms with Crippen LogP contribution in [0.4, 0.5) is 22.0 Å². The summed E-state index contributed by atoms with van der Waals surface area (Å²) in [5.74, 6) is -10.1. The third-order valence-electron chi connectivity index (χ3n) is 2.47. The quantitative estimate of drug-likeness (QED) is 0.520. The van der Waals surface area contributed by atoms with Gasteiger partial charge in [0.1, 0.15) is 0 Å². The van der Waals surface area contributed by atoms with E-state index in [0.29, 0.717) is 0 Å². The number of hydrogen-bond donors (Lipinski definition) is 1. The van der Waals surface area contributed by atoms with E-state index < -0.39 is 46.5 Å². The van der Waals surface area contributed by atoms with Crippen LogP contribution in [0.5, 0.6) is 0 Å². The highest BCUT2D eigenvalue weighted by molar-refractivity contribution is 7.99. The van der Waals surface area contributed by atoms with E-state index in [-0.39, 0.29) is 5.25 Å². The van der Waals surface area contributed by atoms with Gasteiger partial charge in [0.05, 0.1) is 6.10 Å². The molecule has 0 saturated carbocycles. The van der Waals surface area contributed by atoms with Gasteiger partial charge in [0.2, 0.25) is 5.82 Å². The van der Waals surface area contributed by atoms with E-state index in [1.165, 1.54) is 6.92 Å². The molecule has 0 fully saturated rings. The largest absolute Gasteiger partial charge is 0.392 e. The molecule has 0 radical (unpaired) electrons. The van der Waals surface area contributed by atoms with Crippen molar-refractivity contribution < 1.29 is 27.1 Å². The summed E-state index contributed by atoms with van der Waals surface area (Å²) in [7, 11) is 0. The smallest absolute Gasteiger partial charge is 0.200 e. The van der Waals surface area contributed by atoms with Crippen molar-refractivity contribution >= 4 is 11.8 Å². The van der Waals surface area contributed by atoms with Crippen LogP contribution in [0, 0.1) is 29.1 Å². The lowest BCUT2D eigenvalue weighted by molar-refractivity contribution is 0.196. The summed E-state index contributed by atoms with van der Waals surface area (Å²) < 4.78 is 65.0. The van der Waals surface area contributed by atoms with E-state index in [9.17, 15) is 27.1 Å². The molecule has 7 heteroatoms. The van der Waals surface area contributed by atoms with E-state index in [1.807, 2.05) is 0 Å². The Kier molecular flexibility index (Phi) is 4.98. The van der Waals surface area contributed by atoms with Gasteiger partial charge in [0.25, 0.3) is 0 Å². The molecule has 1 aromatic rings. The predicted octanol–water partition coefficient (Wildman–Crippen LogP) is 3.38. The number of thioether (sulfide) groups is 1. The summed E-state index contributed by atoms with van der Waals surface area (Å²) in [6.45, 7) is 3.05. The summed E-state index contributed by atoms with van der Waals surface area (Å²) >= 11 is 0.903. The van der Waals surface area contributed by atoms with Crippen LogP contribution in [0.15, 0.2) is 0 Å². The number of rotatable bonds is 4. The second kappa shape index (κ2) is 5.88. The molecule has 2 unspecified atom stereocenters. The minimum absolute atomic E-state index is 0.389. The average molecular weight is 286 g/mol. The maximum absolute atomic E-state index is 13.3. The molecule has 2 atom stereocenters. The molecule has 1 N–H and O–H groups in total. The standard InChI is InChI=1S/C11H11F5OS/c1-4(17)5(2)18-3-6-7(12)9(14)11(16)10(15)8(6)13/h4-5,17H,3H2,1-2H3. The Morgan fingerprint density at radius 1 is 0.889 bits per heavy atom. The van der Waals surface area contributed by atoms with Gasteiger partial charge in [-0.3, -0.25) is 0 Å². The Morgan fingerprint density at radius 3 is 1.67 bits per heavy atom. The van der Waals surface area contributed by atoms with Crippen molar-refractivity contribution in [3.63, 3.8) is 0 Å². The van der Waals surface area contributed by atoms with Crippen molar-refractivity contribution in [3.05, 3.63) is 34.6 Å². The Labute approximate surface area is 105 Å². The average Bonchev–Trinajstić information content (AvgIpc) is 2.33. The van der Waals surface area contributed by atoms with Gasteiger partial charge >= 0.3 is 0 Å². The predicted molar refractivity (Wildman–Crippen MR) is 58.7 cm³/mol. The zero-order valence-corrected chi connectivity index (χ0v) is 10.4. The maximum Gasteiger partial charge on any atom is 0.200 e. The zero-order valence-electron chi connectivity index (χ0n) is 9.61. The van der Waals surface area contributed by atoms with Crippen LogP contribution in [0.3, 0.4) is 0 Å². The Bertz CT molecular complexity index is 421. The molecule has 1 aromatic carbocycles. The topological polar surface area (TPSA) is 20.2 Å². The van der Waals surface area contributed by atoms with E-state index in [1.54, 1.807) is 6.92 Å². The number of hydrogen-bond acceptors (Lipinski definition) is 2. The minimum atomic E-state index is -2.16. The second-order valence-corrected chi connectivity index (χ2v) is 5.17. The molecule has 0 aliphatic heterocycles. The Balaban J connectivity index is 3.03. The molecule has 0 aliphatic carbocycles. The van der Waals surface area contributed by atoms with Crippen molar-refractivity contribution in [2.24, 2.45) is 0 Å². The molecule has 1 nitrogen and oxygen atoms in total. The third kappa shape index (κ3) is 2.95. The van der Waals surface area contributed by atoms with E-state index in [4.69, 9.17) is 0 Å². The van der Waals surface area contributed by atoms with Gasteiger partial charge in [-0.1, -0.05) is 6.92 Å². The van der Waals surface area contributed by atoms with Crippen LogP contribution >= 0.6 is 11.8 Å². The van der Waals surface area contributed by atoms with E-state index in [0.717, 1.165) is 11.8 Å². The Hall–Kier alpha value is -0.820. The SMILES string of the molecule is CC(O)C(C)SCc1c(F)c(F)c(F)c(F)c1F. The summed E-state index contributed by atoms with van der Waals surface area (Å²) in [6, 6.07) is 0. The summed E-state index contributed by atoms with van der Waals surface area (Å²) in [5.41, 5.74) is -0.871. The normalized spacial score (nSPS) is 14.7. The molecular weight excluding hydrogens is 275 g/mol. The van der Waals surface area contributed by atoms with Crippen molar-refractivity contribution in [3.8, 4) is 0 Å². The zero-order chi connectivity index (χ0) is 14.0. The van der Waals surface area contributed by atoms with Crippen LogP contribution in [0.25, 0.3) is 0 Å². The van der Waals surface area contributed by atoms with Crippen molar-refractivity contribution in [1.82, 2.24) is 0 Å². The Morgan fingerprint density at radius 2 is 1.28 bits per heavy atom. The van der Waals surface area contributed by atoms with Gasteiger partial charge < -0.3 is 5.11 Å². The van der Waals surface area contributed by atoms with Gasteiger partial charge in [0, 0.05) is 16.6 Å². The first-order valence-electron chi connectivity index (χ1n) is 5.07. The van der Waals surface area contributed by atoms with E-state index in [2.05, 4.69) is 0 Å². The second-order valence-electron chi connectivity index (χ2n) is 3.81. The van der Waals surface area contributed by atoms with Gasteiger partial charge in [-0.15, -0.1) is 0 Å². The van der Waals surface area contributed by atoms with Crippen molar-refractivity contribution in [2.45, 2.75) is 31.0 Å². The molecular formula is C11H11F5OS. The van der Waals surface area contributed by atoms with Crippen LogP contribution in [-0.2, 0) is 5.75 Å². The highest BCUT2D eigenvalue weighted by atomic mass is 32.2. The van der Waals surface area contributed by atoms with Gasteiger partial charge in [-0.2, -0.15) is 11.8 Å². The number of halogens is 5. The monoisotopic (exact) mass is 286 g/mol. The van der Waals surface area contributed by atoms with Gasteiger partial charge in [-0.25, -0.2) is 22.0 Å². The molecule has 18 heavy (non-hydrogen) atoms. The molecule has 0 bridgehead atoms. The first kappa shape index (κ1) is 15.2. The first-order valence-corrected chi connectivity index (χ1v) is 6.12. The van der Waals surface area contributed by atoms with Crippen molar-refractivity contribution in [2.75, 3.05) is 0 Å². The van der Waals surface area contributed by atoms with Crippen LogP contribution in [-0.4, -0.2) is 16.5 Å². The van der Waals surface area contributed by atoms with Crippen LogP contribution in [0.1, 0.15) is 19.4 Å². The third-order valence-corrected chi connectivity index (χ3v) is 3.85. The van der Waals surface area contributed by atoms with Gasteiger partial charge in [0.15, 0.2) is 23.3 Å². The molecule has 0 amide bonds. The van der Waals surface area contributed by atoms with Crippen molar-refractivity contribution in [1.29, 1.82) is 0 Å². The fourth-order valence-electron chi connectivity index (χ4n) is 1.13. The molecule has 102 valence electrons. The van der Waals surface area contributed by atoms with E-state index >= 15 is 0 Å². The summed E-state index contributed by atoms with van der Waals surface area (Å²) in [5, 5.41) is 8.79. The van der Waals surface area contributed by atoms with Crippen LogP contribution in [0.2, 0.25) is 0 Å². The van der Waals surface area contributed by atoms with Crippen LogP contribution < -0.4 is 0 Å². The number of aliphatic hydroxyl groups excluding tert-OH is 1. The highest BCUT2D eigenvalue weighted by Gasteiger charge is 2.26. The highest BCUT2D eigenvalue weighted by Crippen LogP contribution is 2.28. The molecule has 0 aromatic heterocycles. The summed E-state index contributed by atoms with van der Waals surface area (Å²) in [6.07, 6.45) is -0.753. The number of aliphatic hydroxyl groups is 1. The fourth-order valence-corrected chi connectivity index (χ4v) is 2.09. The lowest BCUT2D eigenvalue weighted by Crippen LogP contribution is -2.16. The number of benzene rings is 1. The fraction of sp³-hybridized carbons (Fsp3) is 0.455. The molecule has 0 heterocycles. The minimum Gasteiger partial charge on any atom is -0.392 e. The lowest BCUT2D eigenvalue weighted by atomic mass is 10.2. The lowest BCUT2D eigenvalue weighted by Gasteiger charge is -2.15. The first-order chi connectivity index (χ1) is 8.27.